The van der Waals surface area contributed by atoms with Gasteiger partial charge in [-0.15, -0.1) is 0 Å². The zero-order chi connectivity index (χ0) is 12.8. The highest BCUT2D eigenvalue weighted by molar-refractivity contribution is 4.78. The molecule has 0 saturated carbocycles. The SMILES string of the molecule is CCCC(C)(CO)CN(C)C(C)CC(C)C. The predicted molar refractivity (Wildman–Crippen MR) is 71.6 cm³/mol. The lowest BCUT2D eigenvalue weighted by atomic mass is 9.85. The van der Waals surface area contributed by atoms with Gasteiger partial charge in [-0.1, -0.05) is 34.1 Å². The minimum Gasteiger partial charge on any atom is -0.396 e. The van der Waals surface area contributed by atoms with Crippen molar-refractivity contribution in [1.82, 2.24) is 4.90 Å². The number of rotatable bonds is 8. The second-order valence-electron chi connectivity index (χ2n) is 6.11. The fraction of sp³-hybridized carbons (Fsp3) is 1.00. The summed E-state index contributed by atoms with van der Waals surface area (Å²) < 4.78 is 0. The minimum atomic E-state index is 0.0642. The predicted octanol–water partition coefficient (Wildman–Crippen LogP) is 3.15. The third kappa shape index (κ3) is 5.86. The van der Waals surface area contributed by atoms with Crippen LogP contribution in [0.15, 0.2) is 0 Å². The molecule has 2 nitrogen and oxygen atoms in total. The molecule has 0 heterocycles. The van der Waals surface area contributed by atoms with E-state index in [9.17, 15) is 5.11 Å². The molecule has 0 spiro atoms. The Morgan fingerprint density at radius 1 is 1.25 bits per heavy atom. The molecule has 0 saturated heterocycles. The van der Waals surface area contributed by atoms with Gasteiger partial charge in [0, 0.05) is 24.6 Å². The highest BCUT2D eigenvalue weighted by atomic mass is 16.3. The molecule has 1 N–H and O–H groups in total. The van der Waals surface area contributed by atoms with E-state index in [0.29, 0.717) is 12.6 Å². The summed E-state index contributed by atoms with van der Waals surface area (Å²) in [6.45, 7) is 12.5. The highest BCUT2D eigenvalue weighted by Gasteiger charge is 2.26. The molecule has 98 valence electrons. The molecule has 2 heteroatoms. The summed E-state index contributed by atoms with van der Waals surface area (Å²) in [5, 5.41) is 9.50. The third-order valence-electron chi connectivity index (χ3n) is 3.43. The molecule has 0 bridgehead atoms. The Kier molecular flexibility index (Phi) is 7.25. The average Bonchev–Trinajstić information content (AvgIpc) is 2.17. The van der Waals surface area contributed by atoms with Gasteiger partial charge in [0.2, 0.25) is 0 Å². The number of aliphatic hydroxyl groups excluding tert-OH is 1. The van der Waals surface area contributed by atoms with Crippen LogP contribution in [0.3, 0.4) is 0 Å². The Bertz CT molecular complexity index is 182. The van der Waals surface area contributed by atoms with E-state index in [2.05, 4.69) is 46.6 Å². The molecule has 16 heavy (non-hydrogen) atoms. The fourth-order valence-electron chi connectivity index (χ4n) is 2.43. The Labute approximate surface area is 102 Å². The molecule has 0 rings (SSSR count). The van der Waals surface area contributed by atoms with Gasteiger partial charge < -0.3 is 10.0 Å². The van der Waals surface area contributed by atoms with Crippen LogP contribution in [-0.4, -0.2) is 36.2 Å². The zero-order valence-electron chi connectivity index (χ0n) is 12.1. The van der Waals surface area contributed by atoms with Gasteiger partial charge in [-0.2, -0.15) is 0 Å². The van der Waals surface area contributed by atoms with Crippen molar-refractivity contribution in [3.05, 3.63) is 0 Å². The fourth-order valence-corrected chi connectivity index (χ4v) is 2.43. The molecular weight excluding hydrogens is 198 g/mol. The van der Waals surface area contributed by atoms with Crippen LogP contribution in [-0.2, 0) is 0 Å². The first-order chi connectivity index (χ1) is 7.34. The van der Waals surface area contributed by atoms with Gasteiger partial charge in [0.25, 0.3) is 0 Å². The van der Waals surface area contributed by atoms with Crippen LogP contribution in [0.5, 0.6) is 0 Å². The average molecular weight is 229 g/mol. The first-order valence-corrected chi connectivity index (χ1v) is 6.65. The van der Waals surface area contributed by atoms with E-state index in [0.717, 1.165) is 25.3 Å². The maximum atomic E-state index is 9.50. The molecule has 0 aliphatic carbocycles. The van der Waals surface area contributed by atoms with Crippen molar-refractivity contribution >= 4 is 0 Å². The Morgan fingerprint density at radius 2 is 1.81 bits per heavy atom. The topological polar surface area (TPSA) is 23.5 Å². The lowest BCUT2D eigenvalue weighted by Gasteiger charge is -2.35. The summed E-state index contributed by atoms with van der Waals surface area (Å²) >= 11 is 0. The normalized spacial score (nSPS) is 17.8. The molecule has 0 amide bonds. The van der Waals surface area contributed by atoms with Crippen molar-refractivity contribution < 1.29 is 5.11 Å². The van der Waals surface area contributed by atoms with Crippen LogP contribution >= 0.6 is 0 Å². The summed E-state index contributed by atoms with van der Waals surface area (Å²) in [4.78, 5) is 2.39. The van der Waals surface area contributed by atoms with Gasteiger partial charge in [0.05, 0.1) is 0 Å². The smallest absolute Gasteiger partial charge is 0.0497 e. The molecule has 0 aromatic carbocycles. The van der Waals surface area contributed by atoms with Crippen LogP contribution in [0, 0.1) is 11.3 Å². The van der Waals surface area contributed by atoms with Crippen LogP contribution in [0.1, 0.15) is 53.9 Å². The first kappa shape index (κ1) is 15.9. The van der Waals surface area contributed by atoms with E-state index < -0.39 is 0 Å². The van der Waals surface area contributed by atoms with Crippen molar-refractivity contribution in [3.8, 4) is 0 Å². The second kappa shape index (κ2) is 7.29. The molecule has 0 fully saturated rings. The molecule has 0 radical (unpaired) electrons. The number of nitrogens with zero attached hydrogens (tertiary/aromatic N) is 1. The number of hydrogen-bond acceptors (Lipinski definition) is 2. The monoisotopic (exact) mass is 229 g/mol. The van der Waals surface area contributed by atoms with E-state index in [-0.39, 0.29) is 5.41 Å². The summed E-state index contributed by atoms with van der Waals surface area (Å²) in [5.74, 6) is 0.740. The Balaban J connectivity index is 4.23. The highest BCUT2D eigenvalue weighted by Crippen LogP contribution is 2.25. The second-order valence-corrected chi connectivity index (χ2v) is 6.11. The molecule has 0 aromatic rings. The van der Waals surface area contributed by atoms with E-state index >= 15 is 0 Å². The van der Waals surface area contributed by atoms with Crippen molar-refractivity contribution in [2.45, 2.75) is 59.9 Å². The van der Waals surface area contributed by atoms with Gasteiger partial charge in [0.15, 0.2) is 0 Å². The largest absolute Gasteiger partial charge is 0.396 e. The van der Waals surface area contributed by atoms with E-state index in [1.54, 1.807) is 0 Å². The van der Waals surface area contributed by atoms with Gasteiger partial charge in [0.1, 0.15) is 0 Å². The standard InChI is InChI=1S/C14H31NO/c1-7-8-14(5,11-16)10-15(6)13(4)9-12(2)3/h12-13,16H,7-11H2,1-6H3. The third-order valence-corrected chi connectivity index (χ3v) is 3.43. The van der Waals surface area contributed by atoms with E-state index in [1.807, 2.05) is 0 Å². The Hall–Kier alpha value is -0.0800. The summed E-state index contributed by atoms with van der Waals surface area (Å²) in [5.41, 5.74) is 0.0642. The molecule has 2 unspecified atom stereocenters. The van der Waals surface area contributed by atoms with Crippen molar-refractivity contribution in [1.29, 1.82) is 0 Å². The molecule has 0 aromatic heterocycles. The Morgan fingerprint density at radius 3 is 2.19 bits per heavy atom. The zero-order valence-corrected chi connectivity index (χ0v) is 12.1. The van der Waals surface area contributed by atoms with E-state index in [1.165, 1.54) is 6.42 Å². The van der Waals surface area contributed by atoms with Crippen molar-refractivity contribution in [2.24, 2.45) is 11.3 Å². The lowest BCUT2D eigenvalue weighted by Crippen LogP contribution is -2.41. The molecule has 2 atom stereocenters. The van der Waals surface area contributed by atoms with Crippen LogP contribution in [0.4, 0.5) is 0 Å². The van der Waals surface area contributed by atoms with Crippen molar-refractivity contribution in [2.75, 3.05) is 20.2 Å². The van der Waals surface area contributed by atoms with E-state index in [4.69, 9.17) is 0 Å². The van der Waals surface area contributed by atoms with Gasteiger partial charge in [-0.25, -0.2) is 0 Å². The van der Waals surface area contributed by atoms with Crippen LogP contribution in [0.25, 0.3) is 0 Å². The lowest BCUT2D eigenvalue weighted by molar-refractivity contribution is 0.0720. The summed E-state index contributed by atoms with van der Waals surface area (Å²) in [7, 11) is 2.18. The van der Waals surface area contributed by atoms with Crippen molar-refractivity contribution in [3.63, 3.8) is 0 Å². The minimum absolute atomic E-state index is 0.0642. The maximum absolute atomic E-state index is 9.50. The van der Waals surface area contributed by atoms with Crippen LogP contribution in [0.2, 0.25) is 0 Å². The van der Waals surface area contributed by atoms with Gasteiger partial charge in [-0.05, 0) is 32.7 Å². The molecule has 0 aliphatic heterocycles. The molecule has 0 aliphatic rings. The van der Waals surface area contributed by atoms with Gasteiger partial charge in [-0.3, -0.25) is 0 Å². The summed E-state index contributed by atoms with van der Waals surface area (Å²) in [6, 6.07) is 0.600. The van der Waals surface area contributed by atoms with Gasteiger partial charge >= 0.3 is 0 Å². The molecular formula is C14H31NO. The number of aliphatic hydroxyl groups is 1. The maximum Gasteiger partial charge on any atom is 0.0497 e. The first-order valence-electron chi connectivity index (χ1n) is 6.65. The number of hydrogen-bond donors (Lipinski definition) is 1. The summed E-state index contributed by atoms with van der Waals surface area (Å²) in [6.07, 6.45) is 3.47. The quantitative estimate of drug-likeness (QED) is 0.691. The van der Waals surface area contributed by atoms with Crippen LogP contribution < -0.4 is 0 Å².